The van der Waals surface area contributed by atoms with E-state index in [-0.39, 0.29) is 35.3 Å². The van der Waals surface area contributed by atoms with Gasteiger partial charge in [0.05, 0.1) is 28.2 Å². The number of anilines is 1. The lowest BCUT2D eigenvalue weighted by molar-refractivity contribution is -0.384. The number of aliphatic hydroxyl groups is 3. The number of nitro groups is 1. The normalized spacial score (nSPS) is 27.7. The van der Waals surface area contributed by atoms with Crippen LogP contribution in [0.2, 0.25) is 0 Å². The summed E-state index contributed by atoms with van der Waals surface area (Å²) in [4.78, 5) is 61.8. The molecule has 0 bridgehead atoms. The molecule has 0 aliphatic heterocycles. The fraction of sp³-hybridized carbons (Fsp3) is 0.308. The number of non-ortho nitro benzene ring substituents is 1. The number of hydrogen-bond acceptors (Lipinski definition) is 10. The first-order valence-electron chi connectivity index (χ1n) is 12.0. The van der Waals surface area contributed by atoms with Crippen molar-refractivity contribution in [2.45, 2.75) is 31.0 Å². The molecule has 13 heteroatoms. The molecule has 2 saturated carbocycles. The Morgan fingerprint density at radius 3 is 2.36 bits per heavy atom. The molecule has 0 heterocycles. The molecule has 3 aliphatic rings. The number of primary amides is 1. The number of fused-ring (bicyclic) bond motifs is 3. The summed E-state index contributed by atoms with van der Waals surface area (Å²) in [7, 11) is 0. The highest BCUT2D eigenvalue weighted by Gasteiger charge is 2.65. The highest BCUT2D eigenvalue weighted by Crippen LogP contribution is 2.53. The molecule has 5 rings (SSSR count). The van der Waals surface area contributed by atoms with Crippen LogP contribution in [0.1, 0.15) is 34.3 Å². The first kappa shape index (κ1) is 26.0. The van der Waals surface area contributed by atoms with Gasteiger partial charge >= 0.3 is 0 Å². The second-order valence-electron chi connectivity index (χ2n) is 9.97. The summed E-state index contributed by atoms with van der Waals surface area (Å²) in [6.45, 7) is 0. The van der Waals surface area contributed by atoms with E-state index in [9.17, 15) is 49.7 Å². The lowest BCUT2D eigenvalue weighted by Crippen LogP contribution is -2.66. The number of carbonyl (C=O) groups excluding carboxylic acids is 4. The van der Waals surface area contributed by atoms with Crippen LogP contribution in [0, 0.1) is 27.9 Å². The summed E-state index contributed by atoms with van der Waals surface area (Å²) < 4.78 is 0. The van der Waals surface area contributed by atoms with E-state index in [1.54, 1.807) is 0 Å². The average Bonchev–Trinajstić information content (AvgIpc) is 2.87. The van der Waals surface area contributed by atoms with Gasteiger partial charge in [0, 0.05) is 41.5 Å². The van der Waals surface area contributed by atoms with Crippen molar-refractivity contribution in [3.63, 3.8) is 0 Å². The van der Waals surface area contributed by atoms with Crippen LogP contribution in [0.15, 0.2) is 42.0 Å². The lowest BCUT2D eigenvalue weighted by atomic mass is 9.53. The van der Waals surface area contributed by atoms with E-state index >= 15 is 0 Å². The second-order valence-corrected chi connectivity index (χ2v) is 9.97. The number of hydrogen-bond donors (Lipinski definition) is 6. The number of nitrogens with two attached hydrogens (primary N) is 1. The maximum absolute atomic E-state index is 13.5. The third-order valence-corrected chi connectivity index (χ3v) is 7.85. The molecule has 13 nitrogen and oxygen atoms in total. The van der Waals surface area contributed by atoms with Crippen LogP contribution in [0.5, 0.6) is 5.75 Å². The zero-order chi connectivity index (χ0) is 28.4. The Hall–Kier alpha value is -4.62. The van der Waals surface area contributed by atoms with Gasteiger partial charge in [-0.2, -0.15) is 0 Å². The predicted octanol–water partition coefficient (Wildman–Crippen LogP) is 0.749. The summed E-state index contributed by atoms with van der Waals surface area (Å²) in [5.41, 5.74) is 2.24. The molecule has 39 heavy (non-hydrogen) atoms. The van der Waals surface area contributed by atoms with Crippen molar-refractivity contribution in [1.82, 2.24) is 0 Å². The Balaban J connectivity index is 1.56. The molecule has 0 radical (unpaired) electrons. The number of nitro benzene ring substituents is 1. The van der Waals surface area contributed by atoms with Crippen LogP contribution in [0.4, 0.5) is 11.4 Å². The maximum atomic E-state index is 13.5. The molecule has 0 saturated heterocycles. The second kappa shape index (κ2) is 8.99. The Morgan fingerprint density at radius 1 is 1.08 bits per heavy atom. The molecule has 2 aromatic rings. The summed E-state index contributed by atoms with van der Waals surface area (Å²) in [5.74, 6) is -8.78. The van der Waals surface area contributed by atoms with E-state index < -0.39 is 81.3 Å². The molecule has 0 aromatic heterocycles. The predicted molar refractivity (Wildman–Crippen MR) is 132 cm³/mol. The number of ketones is 2. The minimum absolute atomic E-state index is 0.0402. The van der Waals surface area contributed by atoms with Gasteiger partial charge in [-0.3, -0.25) is 29.3 Å². The number of phenols is 1. The number of aliphatic hydroxyl groups excluding tert-OH is 2. The fourth-order valence-corrected chi connectivity index (χ4v) is 6.04. The van der Waals surface area contributed by atoms with E-state index in [2.05, 4.69) is 5.32 Å². The third-order valence-electron chi connectivity index (χ3n) is 7.85. The highest BCUT2D eigenvalue weighted by atomic mass is 16.6. The lowest BCUT2D eigenvalue weighted by Gasteiger charge is -2.50. The topological polar surface area (TPSA) is 230 Å². The van der Waals surface area contributed by atoms with Crippen LogP contribution >= 0.6 is 0 Å². The number of nitrogens with zero attached hydrogens (tertiary/aromatic N) is 1. The van der Waals surface area contributed by atoms with E-state index in [4.69, 9.17) is 5.73 Å². The molecule has 3 aliphatic carbocycles. The minimum atomic E-state index is -2.69. The number of carbonyl (C=O) groups is 4. The van der Waals surface area contributed by atoms with Crippen molar-refractivity contribution >= 4 is 40.5 Å². The smallest absolute Gasteiger partial charge is 0.269 e. The Kier molecular flexibility index (Phi) is 6.00. The molecule has 2 amide bonds. The summed E-state index contributed by atoms with van der Waals surface area (Å²) in [6.07, 6.45) is -2.00. The minimum Gasteiger partial charge on any atom is -0.507 e. The largest absolute Gasteiger partial charge is 0.507 e. The number of phenolic OH excluding ortho intramolecular Hbond substituents is 1. The first-order chi connectivity index (χ1) is 18.4. The summed E-state index contributed by atoms with van der Waals surface area (Å²) in [5, 5.41) is 56.9. The Labute approximate surface area is 219 Å². The monoisotopic (exact) mass is 537 g/mol. The SMILES string of the molecule is NC(=O)C1C2Cc3ccc(NC(=O)c4ccc([N+](=O)[O-])cc4)c(O)c3C(O)=C2C(=O)C2(O)C(=O)CC(O)CC12. The van der Waals surface area contributed by atoms with Crippen molar-refractivity contribution in [1.29, 1.82) is 0 Å². The van der Waals surface area contributed by atoms with Crippen molar-refractivity contribution < 1.29 is 44.5 Å². The van der Waals surface area contributed by atoms with Gasteiger partial charge in [-0.25, -0.2) is 0 Å². The van der Waals surface area contributed by atoms with Gasteiger partial charge < -0.3 is 31.5 Å². The van der Waals surface area contributed by atoms with Crippen molar-refractivity contribution in [2.75, 3.05) is 5.32 Å². The molecule has 2 fully saturated rings. The first-order valence-corrected chi connectivity index (χ1v) is 12.0. The molecular formula is C26H23N3O10. The molecule has 7 N–H and O–H groups in total. The number of nitrogens with one attached hydrogen (secondary N) is 1. The molecular weight excluding hydrogens is 514 g/mol. The number of amides is 2. The van der Waals surface area contributed by atoms with Gasteiger partial charge in [-0.05, 0) is 36.6 Å². The molecule has 5 unspecified atom stereocenters. The number of Topliss-reactive ketones (excluding diaryl/α,β-unsaturated/α-hetero) is 2. The number of aromatic hydroxyl groups is 1. The van der Waals surface area contributed by atoms with Crippen LogP contribution < -0.4 is 11.1 Å². The highest BCUT2D eigenvalue weighted by molar-refractivity contribution is 6.22. The van der Waals surface area contributed by atoms with Gasteiger partial charge in [-0.1, -0.05) is 6.07 Å². The zero-order valence-corrected chi connectivity index (χ0v) is 20.2. The van der Waals surface area contributed by atoms with E-state index in [0.29, 0.717) is 5.56 Å². The molecule has 5 atom stereocenters. The maximum Gasteiger partial charge on any atom is 0.269 e. The summed E-state index contributed by atoms with van der Waals surface area (Å²) in [6, 6.07) is 7.48. The third kappa shape index (κ3) is 3.85. The Morgan fingerprint density at radius 2 is 1.74 bits per heavy atom. The van der Waals surface area contributed by atoms with Gasteiger partial charge in [0.15, 0.2) is 11.4 Å². The van der Waals surface area contributed by atoms with Crippen molar-refractivity contribution in [2.24, 2.45) is 23.5 Å². The van der Waals surface area contributed by atoms with Crippen molar-refractivity contribution in [3.05, 3.63) is 68.8 Å². The average molecular weight is 537 g/mol. The van der Waals surface area contributed by atoms with Gasteiger partial charge in [0.25, 0.3) is 11.6 Å². The van der Waals surface area contributed by atoms with Crippen LogP contribution in [0.3, 0.4) is 0 Å². The molecule has 0 spiro atoms. The standard InChI is InChI=1S/C26H23N3O10/c27-24(35)19-14-7-11-3-6-16(28-25(36)10-1-4-12(5-2-10)29(38)39)21(32)18(11)22(33)20(14)23(34)26(37)15(19)8-13(30)9-17(26)31/h1-6,13-15,19,30,32-33,37H,7-9H2,(H2,27,35)(H,28,36). The zero-order valence-electron chi connectivity index (χ0n) is 20.2. The van der Waals surface area contributed by atoms with Crippen LogP contribution in [-0.4, -0.2) is 60.4 Å². The van der Waals surface area contributed by atoms with Gasteiger partial charge in [0.2, 0.25) is 11.7 Å². The van der Waals surface area contributed by atoms with Gasteiger partial charge in [-0.15, -0.1) is 0 Å². The van der Waals surface area contributed by atoms with E-state index in [0.717, 1.165) is 12.1 Å². The summed E-state index contributed by atoms with van der Waals surface area (Å²) >= 11 is 0. The van der Waals surface area contributed by atoms with E-state index in [1.165, 1.54) is 24.3 Å². The number of rotatable bonds is 4. The fourth-order valence-electron chi connectivity index (χ4n) is 6.04. The van der Waals surface area contributed by atoms with E-state index in [1.807, 2.05) is 0 Å². The molecule has 2 aromatic carbocycles. The van der Waals surface area contributed by atoms with Gasteiger partial charge in [0.1, 0.15) is 11.5 Å². The Bertz CT molecular complexity index is 1500. The molecule has 202 valence electrons. The van der Waals surface area contributed by atoms with Crippen molar-refractivity contribution in [3.8, 4) is 5.75 Å². The quantitative estimate of drug-likeness (QED) is 0.139. The van der Waals surface area contributed by atoms with Crippen LogP contribution in [0.25, 0.3) is 5.76 Å². The van der Waals surface area contributed by atoms with Crippen LogP contribution in [-0.2, 0) is 20.8 Å². The number of benzene rings is 2.